The summed E-state index contributed by atoms with van der Waals surface area (Å²) in [5.74, 6) is 0.0580. The van der Waals surface area contributed by atoms with Gasteiger partial charge < -0.3 is 14.7 Å². The van der Waals surface area contributed by atoms with Gasteiger partial charge in [-0.2, -0.15) is 0 Å². The van der Waals surface area contributed by atoms with Crippen LogP contribution in [0.15, 0.2) is 30.3 Å². The van der Waals surface area contributed by atoms with Gasteiger partial charge in [-0.25, -0.2) is 0 Å². The molecule has 0 atom stereocenters. The molecule has 4 nitrogen and oxygen atoms in total. The minimum Gasteiger partial charge on any atom is -0.507 e. The van der Waals surface area contributed by atoms with Gasteiger partial charge in [0.15, 0.2) is 6.29 Å². The van der Waals surface area contributed by atoms with Crippen LogP contribution in [0.1, 0.15) is 10.4 Å². The van der Waals surface area contributed by atoms with E-state index in [1.807, 2.05) is 24.3 Å². The van der Waals surface area contributed by atoms with Crippen molar-refractivity contribution in [3.05, 3.63) is 35.9 Å². The number of hydrogen-bond acceptors (Lipinski definition) is 4. The molecule has 3 rings (SSSR count). The highest BCUT2D eigenvalue weighted by atomic mass is 16.5. The summed E-state index contributed by atoms with van der Waals surface area (Å²) in [6.45, 7) is 2.97. The second kappa shape index (κ2) is 4.90. The van der Waals surface area contributed by atoms with Gasteiger partial charge in [-0.1, -0.05) is 24.3 Å². The van der Waals surface area contributed by atoms with Gasteiger partial charge >= 0.3 is 0 Å². The summed E-state index contributed by atoms with van der Waals surface area (Å²) >= 11 is 0. The third-order valence-corrected chi connectivity index (χ3v) is 3.50. The lowest BCUT2D eigenvalue weighted by Crippen LogP contribution is -2.36. The first kappa shape index (κ1) is 12.0. The summed E-state index contributed by atoms with van der Waals surface area (Å²) in [6.07, 6.45) is 0.700. The van der Waals surface area contributed by atoms with Gasteiger partial charge in [-0.15, -0.1) is 0 Å². The second-order valence-electron chi connectivity index (χ2n) is 4.60. The molecular weight excluding hydrogens is 242 g/mol. The summed E-state index contributed by atoms with van der Waals surface area (Å²) in [7, 11) is 0. The molecule has 0 aromatic heterocycles. The van der Waals surface area contributed by atoms with E-state index in [1.54, 1.807) is 6.07 Å². The van der Waals surface area contributed by atoms with Crippen molar-refractivity contribution in [1.82, 2.24) is 0 Å². The maximum absolute atomic E-state index is 11.1. The molecule has 1 saturated heterocycles. The third-order valence-electron chi connectivity index (χ3n) is 3.50. The van der Waals surface area contributed by atoms with E-state index in [1.165, 1.54) is 0 Å². The number of anilines is 1. The van der Waals surface area contributed by atoms with E-state index in [0.29, 0.717) is 30.4 Å². The van der Waals surface area contributed by atoms with Crippen molar-refractivity contribution in [2.24, 2.45) is 0 Å². The zero-order valence-corrected chi connectivity index (χ0v) is 10.5. The van der Waals surface area contributed by atoms with Crippen LogP contribution in [0.4, 0.5) is 5.69 Å². The number of carbonyl (C=O) groups is 1. The molecule has 1 aliphatic heterocycles. The fourth-order valence-corrected chi connectivity index (χ4v) is 2.52. The van der Waals surface area contributed by atoms with Crippen molar-refractivity contribution < 1.29 is 14.6 Å². The van der Waals surface area contributed by atoms with Crippen molar-refractivity contribution >= 4 is 22.7 Å². The van der Waals surface area contributed by atoms with E-state index in [0.717, 1.165) is 24.2 Å². The first-order chi connectivity index (χ1) is 9.31. The van der Waals surface area contributed by atoms with Crippen molar-refractivity contribution in [2.75, 3.05) is 31.2 Å². The fourth-order valence-electron chi connectivity index (χ4n) is 2.52. The van der Waals surface area contributed by atoms with Crippen molar-refractivity contribution in [3.8, 4) is 5.75 Å². The van der Waals surface area contributed by atoms with Gasteiger partial charge in [0.25, 0.3) is 0 Å². The summed E-state index contributed by atoms with van der Waals surface area (Å²) < 4.78 is 5.35. The second-order valence-corrected chi connectivity index (χ2v) is 4.60. The Morgan fingerprint density at radius 2 is 1.84 bits per heavy atom. The average molecular weight is 257 g/mol. The zero-order valence-electron chi connectivity index (χ0n) is 10.5. The SMILES string of the molecule is O=Cc1cc(N2CCOCC2)c2ccccc2c1O. The van der Waals surface area contributed by atoms with Crippen molar-refractivity contribution in [3.63, 3.8) is 0 Å². The normalized spacial score (nSPS) is 15.7. The number of ether oxygens (including phenoxy) is 1. The lowest BCUT2D eigenvalue weighted by molar-refractivity contribution is 0.112. The summed E-state index contributed by atoms with van der Waals surface area (Å²) in [6, 6.07) is 9.36. The molecule has 1 heterocycles. The van der Waals surface area contributed by atoms with Crippen LogP contribution >= 0.6 is 0 Å². The van der Waals surface area contributed by atoms with E-state index in [9.17, 15) is 9.90 Å². The first-order valence-electron chi connectivity index (χ1n) is 6.34. The monoisotopic (exact) mass is 257 g/mol. The maximum Gasteiger partial charge on any atom is 0.153 e. The summed E-state index contributed by atoms with van der Waals surface area (Å²) in [4.78, 5) is 13.3. The highest BCUT2D eigenvalue weighted by Crippen LogP contribution is 2.35. The predicted molar refractivity (Wildman–Crippen MR) is 74.0 cm³/mol. The average Bonchev–Trinajstić information content (AvgIpc) is 2.49. The van der Waals surface area contributed by atoms with E-state index in [4.69, 9.17) is 4.74 Å². The Balaban J connectivity index is 2.22. The molecule has 19 heavy (non-hydrogen) atoms. The smallest absolute Gasteiger partial charge is 0.153 e. The number of morpholine rings is 1. The largest absolute Gasteiger partial charge is 0.507 e. The Morgan fingerprint density at radius 3 is 2.53 bits per heavy atom. The fraction of sp³-hybridized carbons (Fsp3) is 0.267. The van der Waals surface area contributed by atoms with Gasteiger partial charge in [0.2, 0.25) is 0 Å². The van der Waals surface area contributed by atoms with Crippen LogP contribution in [0.25, 0.3) is 10.8 Å². The number of aromatic hydroxyl groups is 1. The van der Waals surface area contributed by atoms with Crippen molar-refractivity contribution in [2.45, 2.75) is 0 Å². The number of phenols is 1. The molecule has 0 bridgehead atoms. The van der Waals surface area contributed by atoms with E-state index < -0.39 is 0 Å². The van der Waals surface area contributed by atoms with E-state index >= 15 is 0 Å². The zero-order chi connectivity index (χ0) is 13.2. The molecule has 1 N–H and O–H groups in total. The minimum atomic E-state index is 0.0580. The topological polar surface area (TPSA) is 49.8 Å². The molecule has 1 aliphatic rings. The number of fused-ring (bicyclic) bond motifs is 1. The van der Waals surface area contributed by atoms with Gasteiger partial charge in [0, 0.05) is 29.5 Å². The number of phenolic OH excluding ortho intramolecular Hbond substituents is 1. The Hall–Kier alpha value is -2.07. The lowest BCUT2D eigenvalue weighted by Gasteiger charge is -2.30. The molecule has 0 aliphatic carbocycles. The molecule has 2 aromatic rings. The molecule has 0 radical (unpaired) electrons. The lowest BCUT2D eigenvalue weighted by atomic mass is 10.0. The number of nitrogens with zero attached hydrogens (tertiary/aromatic N) is 1. The Labute approximate surface area is 111 Å². The number of rotatable bonds is 2. The van der Waals surface area contributed by atoms with Crippen LogP contribution in [-0.4, -0.2) is 37.7 Å². The number of hydrogen-bond donors (Lipinski definition) is 1. The molecule has 1 fully saturated rings. The number of aldehydes is 1. The Bertz CT molecular complexity index is 618. The van der Waals surface area contributed by atoms with Crippen LogP contribution in [0.2, 0.25) is 0 Å². The van der Waals surface area contributed by atoms with Gasteiger partial charge in [0.1, 0.15) is 5.75 Å². The molecule has 0 amide bonds. The molecule has 2 aromatic carbocycles. The molecule has 0 unspecified atom stereocenters. The van der Waals surface area contributed by atoms with Crippen LogP contribution in [0.3, 0.4) is 0 Å². The maximum atomic E-state index is 11.1. The predicted octanol–water partition coefficient (Wildman–Crippen LogP) is 2.19. The molecule has 4 heteroatoms. The van der Waals surface area contributed by atoms with Crippen LogP contribution in [-0.2, 0) is 4.74 Å². The van der Waals surface area contributed by atoms with Gasteiger partial charge in [-0.3, -0.25) is 4.79 Å². The Morgan fingerprint density at radius 1 is 1.16 bits per heavy atom. The van der Waals surface area contributed by atoms with Crippen molar-refractivity contribution in [1.29, 1.82) is 0 Å². The van der Waals surface area contributed by atoms with Gasteiger partial charge in [0.05, 0.1) is 18.8 Å². The number of carbonyl (C=O) groups excluding carboxylic acids is 1. The molecule has 0 saturated carbocycles. The minimum absolute atomic E-state index is 0.0580. The van der Waals surface area contributed by atoms with E-state index in [2.05, 4.69) is 4.90 Å². The first-order valence-corrected chi connectivity index (χ1v) is 6.34. The standard InChI is InChI=1S/C15H15NO3/c17-10-11-9-14(16-5-7-19-8-6-16)12-3-1-2-4-13(12)15(11)18/h1-4,9-10,18H,5-8H2. The third kappa shape index (κ3) is 2.04. The molecular formula is C15H15NO3. The Kier molecular flexibility index (Phi) is 3.09. The molecule has 98 valence electrons. The number of benzene rings is 2. The quantitative estimate of drug-likeness (QED) is 0.838. The van der Waals surface area contributed by atoms with Gasteiger partial charge in [-0.05, 0) is 6.07 Å². The van der Waals surface area contributed by atoms with Crippen LogP contribution in [0.5, 0.6) is 5.75 Å². The summed E-state index contributed by atoms with van der Waals surface area (Å²) in [5, 5.41) is 11.8. The highest BCUT2D eigenvalue weighted by molar-refractivity contribution is 6.03. The summed E-state index contributed by atoms with van der Waals surface area (Å²) in [5.41, 5.74) is 1.32. The van der Waals surface area contributed by atoms with Crippen LogP contribution in [0, 0.1) is 0 Å². The highest BCUT2D eigenvalue weighted by Gasteiger charge is 2.17. The van der Waals surface area contributed by atoms with E-state index in [-0.39, 0.29) is 5.75 Å². The molecule has 0 spiro atoms. The van der Waals surface area contributed by atoms with Crippen LogP contribution < -0.4 is 4.90 Å².